The number of hydrogen-bond acceptors (Lipinski definition) is 7. The van der Waals surface area contributed by atoms with E-state index in [2.05, 4.69) is 6.92 Å². The smallest absolute Gasteiger partial charge is 0.378 e. The van der Waals surface area contributed by atoms with E-state index in [1.54, 1.807) is 6.07 Å². The number of aryl methyl sites for hydroxylation is 1. The van der Waals surface area contributed by atoms with Gasteiger partial charge in [0.25, 0.3) is 0 Å². The van der Waals surface area contributed by atoms with E-state index < -0.39 is 63.4 Å². The summed E-state index contributed by atoms with van der Waals surface area (Å²) < 4.78 is 146. The fraction of sp³-hybridized carbons (Fsp3) is 0.567. The van der Waals surface area contributed by atoms with Gasteiger partial charge in [-0.05, 0) is 37.2 Å². The van der Waals surface area contributed by atoms with Crippen LogP contribution in [0.15, 0.2) is 44.0 Å². The number of halogens is 8. The summed E-state index contributed by atoms with van der Waals surface area (Å²) >= 11 is 0. The van der Waals surface area contributed by atoms with E-state index in [0.717, 1.165) is 39.5 Å². The molecule has 0 amide bonds. The van der Waals surface area contributed by atoms with E-state index in [1.807, 2.05) is 0 Å². The molecule has 0 atom stereocenters. The van der Waals surface area contributed by atoms with Gasteiger partial charge < -0.3 is 27.2 Å². The third kappa shape index (κ3) is 7.70. The first-order valence-electron chi connectivity index (χ1n) is 14.4. The van der Waals surface area contributed by atoms with Crippen LogP contribution in [0.4, 0.5) is 35.1 Å². The molecule has 0 saturated heterocycles. The highest BCUT2D eigenvalue weighted by Crippen LogP contribution is 2.55. The van der Waals surface area contributed by atoms with Gasteiger partial charge in [0.2, 0.25) is 0 Å². The monoisotopic (exact) mass is 688 g/mol. The first kappa shape index (κ1) is 37.3. The molecule has 7 nitrogen and oxygen atoms in total. The van der Waals surface area contributed by atoms with Gasteiger partial charge >= 0.3 is 37.9 Å². The summed E-state index contributed by atoms with van der Waals surface area (Å²) in [7, 11) is 0.136. The average molecular weight is 689 g/mol. The molecule has 0 aliphatic heterocycles. The molecule has 0 aliphatic rings. The van der Waals surface area contributed by atoms with Gasteiger partial charge in [0.1, 0.15) is 22.7 Å². The lowest BCUT2D eigenvalue weighted by Gasteiger charge is -2.37. The van der Waals surface area contributed by atoms with E-state index >= 15 is 0 Å². The summed E-state index contributed by atoms with van der Waals surface area (Å²) in [5, 5.41) is 0.341. The standard InChI is InChI=1S/C30H36F8O7Si/c1-6-7-8-9-21-18-24(40-2)25(44-21)22-16-19-10-11-20(17-23(19)45-26(22)39)43-14-12-27(31,32)29(35,36)30(37,38)28(33,34)13-15-46(5,41-3)42-4/h10-11,16-18H,6-9,12-15H2,1-5H3. The minimum absolute atomic E-state index is 0.0378. The zero-order valence-corrected chi connectivity index (χ0v) is 26.9. The van der Waals surface area contributed by atoms with E-state index in [-0.39, 0.29) is 22.7 Å². The van der Waals surface area contributed by atoms with Crippen LogP contribution in [-0.2, 0) is 15.3 Å². The number of unbranched alkanes of at least 4 members (excludes halogenated alkanes) is 2. The Morgan fingerprint density at radius 3 is 2.04 bits per heavy atom. The van der Waals surface area contributed by atoms with E-state index in [1.165, 1.54) is 31.9 Å². The molecular weight excluding hydrogens is 652 g/mol. The summed E-state index contributed by atoms with van der Waals surface area (Å²) in [5.41, 5.74) is -0.882. The molecule has 0 saturated carbocycles. The second kappa shape index (κ2) is 14.3. The highest BCUT2D eigenvalue weighted by molar-refractivity contribution is 6.65. The molecule has 2 aromatic heterocycles. The molecule has 3 rings (SSSR count). The van der Waals surface area contributed by atoms with Crippen molar-refractivity contribution in [2.75, 3.05) is 27.9 Å². The normalized spacial score (nSPS) is 13.4. The van der Waals surface area contributed by atoms with Crippen LogP contribution in [0.2, 0.25) is 12.6 Å². The first-order chi connectivity index (χ1) is 21.4. The van der Waals surface area contributed by atoms with Crippen LogP contribution in [0, 0.1) is 0 Å². The van der Waals surface area contributed by atoms with E-state index in [0.29, 0.717) is 23.3 Å². The number of methoxy groups -OCH3 is 1. The highest BCUT2D eigenvalue weighted by atomic mass is 28.4. The molecule has 2 heterocycles. The first-order valence-corrected chi connectivity index (χ1v) is 16.9. The van der Waals surface area contributed by atoms with Crippen molar-refractivity contribution < 1.29 is 62.3 Å². The number of hydrogen-bond donors (Lipinski definition) is 0. The molecule has 0 aliphatic carbocycles. The van der Waals surface area contributed by atoms with Crippen molar-refractivity contribution >= 4 is 19.5 Å². The van der Waals surface area contributed by atoms with Crippen LogP contribution in [0.3, 0.4) is 0 Å². The van der Waals surface area contributed by atoms with Crippen molar-refractivity contribution in [3.63, 3.8) is 0 Å². The molecule has 1 aromatic carbocycles. The molecular formula is C30H36F8O7Si. The van der Waals surface area contributed by atoms with Gasteiger partial charge in [-0.2, -0.15) is 35.1 Å². The second-order valence-electron chi connectivity index (χ2n) is 10.9. The molecule has 0 fully saturated rings. The lowest BCUT2D eigenvalue weighted by Crippen LogP contribution is -2.62. The fourth-order valence-corrected chi connectivity index (χ4v) is 5.86. The van der Waals surface area contributed by atoms with Crippen LogP contribution in [0.5, 0.6) is 11.5 Å². The van der Waals surface area contributed by atoms with Crippen molar-refractivity contribution in [1.29, 1.82) is 0 Å². The van der Waals surface area contributed by atoms with Crippen molar-refractivity contribution in [1.82, 2.24) is 0 Å². The van der Waals surface area contributed by atoms with E-state index in [4.69, 9.17) is 27.2 Å². The van der Waals surface area contributed by atoms with Gasteiger partial charge in [0.05, 0.1) is 20.1 Å². The van der Waals surface area contributed by atoms with Crippen LogP contribution in [0.25, 0.3) is 22.3 Å². The summed E-state index contributed by atoms with van der Waals surface area (Å²) in [6, 6.07) is 5.94. The minimum atomic E-state index is -6.44. The van der Waals surface area contributed by atoms with Crippen LogP contribution in [0.1, 0.15) is 44.8 Å². The molecule has 0 spiro atoms. The highest BCUT2D eigenvalue weighted by Gasteiger charge is 2.79. The Kier molecular flexibility index (Phi) is 11.6. The Balaban J connectivity index is 1.74. The van der Waals surface area contributed by atoms with Crippen LogP contribution < -0.4 is 15.1 Å². The zero-order valence-electron chi connectivity index (χ0n) is 25.9. The maximum Gasteiger partial charge on any atom is 0.378 e. The number of furan rings is 1. The molecule has 0 N–H and O–H groups in total. The van der Waals surface area contributed by atoms with E-state index in [9.17, 15) is 39.9 Å². The third-order valence-corrected chi connectivity index (χ3v) is 10.6. The van der Waals surface area contributed by atoms with Gasteiger partial charge in [-0.3, -0.25) is 0 Å². The Labute approximate surface area is 261 Å². The lowest BCUT2D eigenvalue weighted by atomic mass is 9.95. The number of benzene rings is 1. The molecule has 3 aromatic rings. The Morgan fingerprint density at radius 2 is 1.46 bits per heavy atom. The SMILES string of the molecule is CCCCCc1cc(OC)c(-c2cc3ccc(OCCC(F)(F)C(F)(F)C(F)(F)C(F)(F)CC[Si](C)(OC)OC)cc3oc2=O)o1. The predicted octanol–water partition coefficient (Wildman–Crippen LogP) is 8.86. The number of rotatable bonds is 18. The van der Waals surface area contributed by atoms with Crippen molar-refractivity contribution in [2.45, 2.75) is 81.7 Å². The second-order valence-corrected chi connectivity index (χ2v) is 14.5. The molecule has 0 radical (unpaired) electrons. The maximum absolute atomic E-state index is 14.4. The van der Waals surface area contributed by atoms with Crippen LogP contribution >= 0.6 is 0 Å². The van der Waals surface area contributed by atoms with Crippen molar-refractivity contribution in [3.8, 4) is 22.8 Å². The maximum atomic E-state index is 14.4. The van der Waals surface area contributed by atoms with Gasteiger partial charge in [0, 0.05) is 44.6 Å². The minimum Gasteiger partial charge on any atom is -0.493 e. The summed E-state index contributed by atoms with van der Waals surface area (Å²) in [5.74, 6) is -23.2. The molecule has 16 heteroatoms. The van der Waals surface area contributed by atoms with Gasteiger partial charge in [-0.25, -0.2) is 4.79 Å². The quantitative estimate of drug-likeness (QED) is 0.0572. The topological polar surface area (TPSA) is 80.3 Å². The van der Waals surface area contributed by atoms with Gasteiger partial charge in [0.15, 0.2) is 11.5 Å². The van der Waals surface area contributed by atoms with Crippen molar-refractivity contribution in [2.24, 2.45) is 0 Å². The third-order valence-electron chi connectivity index (χ3n) is 7.70. The number of alkyl halides is 8. The average Bonchev–Trinajstić information content (AvgIpc) is 3.42. The molecule has 0 bridgehead atoms. The van der Waals surface area contributed by atoms with Gasteiger partial charge in [-0.1, -0.05) is 19.8 Å². The van der Waals surface area contributed by atoms with Crippen molar-refractivity contribution in [3.05, 3.63) is 46.5 Å². The number of ether oxygens (including phenoxy) is 2. The Hall–Kier alpha value is -3.11. The van der Waals surface area contributed by atoms with Crippen LogP contribution in [-0.4, -0.2) is 60.2 Å². The Bertz CT molecular complexity index is 1520. The largest absolute Gasteiger partial charge is 0.493 e. The molecule has 0 unspecified atom stereocenters. The fourth-order valence-electron chi connectivity index (χ4n) is 4.52. The lowest BCUT2D eigenvalue weighted by molar-refractivity contribution is -0.367. The summed E-state index contributed by atoms with van der Waals surface area (Å²) in [6.45, 7) is 2.01. The molecule has 258 valence electrons. The number of fused-ring (bicyclic) bond motifs is 1. The molecule has 46 heavy (non-hydrogen) atoms. The summed E-state index contributed by atoms with van der Waals surface area (Å²) in [4.78, 5) is 12.8. The predicted molar refractivity (Wildman–Crippen MR) is 155 cm³/mol. The summed E-state index contributed by atoms with van der Waals surface area (Å²) in [6.07, 6.45) is -0.435. The van der Waals surface area contributed by atoms with Gasteiger partial charge in [-0.15, -0.1) is 0 Å². The Morgan fingerprint density at radius 1 is 0.826 bits per heavy atom. The zero-order chi connectivity index (χ0) is 34.6.